The molecule has 4 heteroatoms. The van der Waals surface area contributed by atoms with E-state index in [9.17, 15) is 4.79 Å². The molecule has 0 aliphatic heterocycles. The SMILES string of the molecule is CC(C)(C)OC(N)=O.CC1Cc2cccnc2C1. The summed E-state index contributed by atoms with van der Waals surface area (Å²) in [6.07, 6.45) is 3.56. The van der Waals surface area contributed by atoms with E-state index < -0.39 is 11.7 Å². The number of carbonyl (C=O) groups excluding carboxylic acids is 1. The first kappa shape index (κ1) is 14.5. The Balaban J connectivity index is 0.000000187. The van der Waals surface area contributed by atoms with Crippen molar-refractivity contribution in [3.63, 3.8) is 0 Å². The van der Waals surface area contributed by atoms with Crippen molar-refractivity contribution in [2.45, 2.75) is 46.1 Å². The molecular formula is C14H22N2O2. The lowest BCUT2D eigenvalue weighted by Crippen LogP contribution is -2.27. The van der Waals surface area contributed by atoms with Crippen LogP contribution in [0.4, 0.5) is 4.79 Å². The number of rotatable bonds is 0. The van der Waals surface area contributed by atoms with E-state index in [-0.39, 0.29) is 0 Å². The average molecular weight is 250 g/mol. The number of amides is 1. The summed E-state index contributed by atoms with van der Waals surface area (Å²) in [5.74, 6) is 0.810. The van der Waals surface area contributed by atoms with Crippen LogP contribution in [0.3, 0.4) is 0 Å². The number of pyridine rings is 1. The maximum atomic E-state index is 10.0. The molecule has 0 saturated heterocycles. The van der Waals surface area contributed by atoms with Crippen molar-refractivity contribution in [3.05, 3.63) is 29.6 Å². The second-order valence-electron chi connectivity index (χ2n) is 5.66. The highest BCUT2D eigenvalue weighted by Crippen LogP contribution is 2.23. The standard InChI is InChI=1S/C9H11N.C5H11NO2/c1-7-5-8-3-2-4-10-9(8)6-7;1-5(2,3)8-4(6)7/h2-4,7H,5-6H2,1H3;1-3H3,(H2,6,7). The molecule has 1 unspecified atom stereocenters. The minimum absolute atomic E-state index is 0.453. The average Bonchev–Trinajstić information content (AvgIpc) is 2.54. The normalized spacial score (nSPS) is 17.4. The van der Waals surface area contributed by atoms with Crippen LogP contribution in [0, 0.1) is 5.92 Å². The van der Waals surface area contributed by atoms with Gasteiger partial charge in [0.15, 0.2) is 0 Å². The number of nitrogens with two attached hydrogens (primary N) is 1. The van der Waals surface area contributed by atoms with Crippen molar-refractivity contribution in [1.29, 1.82) is 0 Å². The van der Waals surface area contributed by atoms with Crippen LogP contribution in [0.5, 0.6) is 0 Å². The Morgan fingerprint density at radius 3 is 2.56 bits per heavy atom. The van der Waals surface area contributed by atoms with Gasteiger partial charge in [-0.1, -0.05) is 13.0 Å². The zero-order valence-electron chi connectivity index (χ0n) is 11.6. The molecule has 4 nitrogen and oxygen atoms in total. The molecule has 1 heterocycles. The maximum absolute atomic E-state index is 10.0. The lowest BCUT2D eigenvalue weighted by molar-refractivity contribution is 0.0600. The first-order valence-electron chi connectivity index (χ1n) is 6.19. The predicted octanol–water partition coefficient (Wildman–Crippen LogP) is 2.70. The largest absolute Gasteiger partial charge is 0.444 e. The fraction of sp³-hybridized carbons (Fsp3) is 0.571. The zero-order chi connectivity index (χ0) is 13.8. The van der Waals surface area contributed by atoms with Gasteiger partial charge in [0.05, 0.1) is 0 Å². The minimum Gasteiger partial charge on any atom is -0.444 e. The molecule has 0 aromatic carbocycles. The molecule has 1 atom stereocenters. The molecule has 0 saturated carbocycles. The van der Waals surface area contributed by atoms with Gasteiger partial charge in [-0.25, -0.2) is 4.79 Å². The number of ether oxygens (including phenoxy) is 1. The Bertz CT molecular complexity index is 386. The van der Waals surface area contributed by atoms with E-state index in [4.69, 9.17) is 5.73 Å². The zero-order valence-corrected chi connectivity index (χ0v) is 11.6. The molecule has 1 aromatic rings. The number of fused-ring (bicyclic) bond motifs is 1. The van der Waals surface area contributed by atoms with Crippen molar-refractivity contribution < 1.29 is 9.53 Å². The van der Waals surface area contributed by atoms with Gasteiger partial charge in [-0.05, 0) is 51.2 Å². The lowest BCUT2D eigenvalue weighted by Gasteiger charge is -2.16. The Morgan fingerprint density at radius 1 is 1.44 bits per heavy atom. The molecule has 2 rings (SSSR count). The van der Waals surface area contributed by atoms with Gasteiger partial charge in [-0.2, -0.15) is 0 Å². The van der Waals surface area contributed by atoms with Crippen molar-refractivity contribution >= 4 is 6.09 Å². The summed E-state index contributed by atoms with van der Waals surface area (Å²) in [6, 6.07) is 4.21. The van der Waals surface area contributed by atoms with Crippen LogP contribution >= 0.6 is 0 Å². The Kier molecular flexibility index (Phi) is 4.70. The molecule has 0 radical (unpaired) electrons. The second-order valence-corrected chi connectivity index (χ2v) is 5.66. The number of hydrogen-bond acceptors (Lipinski definition) is 3. The van der Waals surface area contributed by atoms with E-state index in [0.717, 1.165) is 5.92 Å². The maximum Gasteiger partial charge on any atom is 0.405 e. The van der Waals surface area contributed by atoms with E-state index in [2.05, 4.69) is 22.7 Å². The number of primary amides is 1. The highest BCUT2D eigenvalue weighted by molar-refractivity contribution is 5.65. The molecule has 1 aromatic heterocycles. The third kappa shape index (κ3) is 5.17. The van der Waals surface area contributed by atoms with Crippen LogP contribution in [0.25, 0.3) is 0 Å². The van der Waals surface area contributed by atoms with Crippen molar-refractivity contribution in [2.75, 3.05) is 0 Å². The van der Waals surface area contributed by atoms with Gasteiger partial charge in [0.2, 0.25) is 0 Å². The van der Waals surface area contributed by atoms with Crippen molar-refractivity contribution in [3.8, 4) is 0 Å². The number of carbonyl (C=O) groups is 1. The summed E-state index contributed by atoms with van der Waals surface area (Å²) in [4.78, 5) is 14.3. The van der Waals surface area contributed by atoms with E-state index in [1.165, 1.54) is 24.1 Å². The molecule has 1 aliphatic carbocycles. The van der Waals surface area contributed by atoms with Gasteiger partial charge in [-0.15, -0.1) is 0 Å². The highest BCUT2D eigenvalue weighted by Gasteiger charge is 2.17. The highest BCUT2D eigenvalue weighted by atomic mass is 16.6. The molecule has 2 N–H and O–H groups in total. The lowest BCUT2D eigenvalue weighted by atomic mass is 10.1. The van der Waals surface area contributed by atoms with Crippen LogP contribution in [0.1, 0.15) is 39.0 Å². The Morgan fingerprint density at radius 2 is 2.11 bits per heavy atom. The first-order chi connectivity index (χ1) is 8.28. The van der Waals surface area contributed by atoms with E-state index in [1.807, 2.05) is 12.3 Å². The first-order valence-corrected chi connectivity index (χ1v) is 6.19. The van der Waals surface area contributed by atoms with Gasteiger partial charge >= 0.3 is 6.09 Å². The summed E-state index contributed by atoms with van der Waals surface area (Å²) in [6.45, 7) is 7.56. The molecule has 0 fully saturated rings. The van der Waals surface area contributed by atoms with Crippen LogP contribution in [0.15, 0.2) is 18.3 Å². The summed E-state index contributed by atoms with van der Waals surface area (Å²) >= 11 is 0. The van der Waals surface area contributed by atoms with Gasteiger partial charge in [0.25, 0.3) is 0 Å². The molecule has 18 heavy (non-hydrogen) atoms. The summed E-state index contributed by atoms with van der Waals surface area (Å²) in [7, 11) is 0. The number of aromatic nitrogens is 1. The quantitative estimate of drug-likeness (QED) is 0.770. The van der Waals surface area contributed by atoms with Gasteiger partial charge in [0, 0.05) is 11.9 Å². The van der Waals surface area contributed by atoms with E-state index >= 15 is 0 Å². The summed E-state index contributed by atoms with van der Waals surface area (Å²) < 4.78 is 4.58. The molecule has 1 aliphatic rings. The van der Waals surface area contributed by atoms with E-state index in [1.54, 1.807) is 20.8 Å². The van der Waals surface area contributed by atoms with Crippen LogP contribution in [-0.2, 0) is 17.6 Å². The monoisotopic (exact) mass is 250 g/mol. The fourth-order valence-corrected chi connectivity index (χ4v) is 1.92. The molecule has 100 valence electrons. The third-order valence-corrected chi connectivity index (χ3v) is 2.50. The van der Waals surface area contributed by atoms with E-state index in [0.29, 0.717) is 0 Å². The van der Waals surface area contributed by atoms with Crippen LogP contribution in [0.2, 0.25) is 0 Å². The Labute approximate surface area is 109 Å². The molecular weight excluding hydrogens is 228 g/mol. The molecule has 0 bridgehead atoms. The number of hydrogen-bond donors (Lipinski definition) is 1. The van der Waals surface area contributed by atoms with Crippen LogP contribution < -0.4 is 5.73 Å². The third-order valence-electron chi connectivity index (χ3n) is 2.50. The van der Waals surface area contributed by atoms with Crippen molar-refractivity contribution in [1.82, 2.24) is 4.98 Å². The Hall–Kier alpha value is -1.58. The van der Waals surface area contributed by atoms with Crippen LogP contribution in [-0.4, -0.2) is 16.7 Å². The predicted molar refractivity (Wildman–Crippen MR) is 71.2 cm³/mol. The minimum atomic E-state index is -0.725. The fourth-order valence-electron chi connectivity index (χ4n) is 1.92. The molecule has 0 spiro atoms. The van der Waals surface area contributed by atoms with Gasteiger partial charge in [0.1, 0.15) is 5.60 Å². The van der Waals surface area contributed by atoms with Crippen molar-refractivity contribution in [2.24, 2.45) is 11.7 Å². The summed E-state index contributed by atoms with van der Waals surface area (Å²) in [5.41, 5.74) is 7.03. The smallest absolute Gasteiger partial charge is 0.405 e. The van der Waals surface area contributed by atoms with Gasteiger partial charge in [-0.3, -0.25) is 4.98 Å². The number of nitrogens with zero attached hydrogens (tertiary/aromatic N) is 1. The molecule has 1 amide bonds. The summed E-state index contributed by atoms with van der Waals surface area (Å²) in [5, 5.41) is 0. The second kappa shape index (κ2) is 5.85. The van der Waals surface area contributed by atoms with Gasteiger partial charge < -0.3 is 10.5 Å². The topological polar surface area (TPSA) is 65.2 Å².